The summed E-state index contributed by atoms with van der Waals surface area (Å²) in [6.07, 6.45) is 0.907. The van der Waals surface area contributed by atoms with Crippen LogP contribution in [-0.4, -0.2) is 33.6 Å². The van der Waals surface area contributed by atoms with Gasteiger partial charge in [-0.05, 0) is 32.8 Å². The van der Waals surface area contributed by atoms with E-state index < -0.39 is 11.5 Å². The van der Waals surface area contributed by atoms with Crippen molar-refractivity contribution in [2.24, 2.45) is 0 Å². The Morgan fingerprint density at radius 3 is 2.45 bits per heavy atom. The first kappa shape index (κ1) is 17.9. The van der Waals surface area contributed by atoms with E-state index >= 15 is 0 Å². The van der Waals surface area contributed by atoms with Crippen LogP contribution in [-0.2, 0) is 4.79 Å². The van der Waals surface area contributed by atoms with Crippen LogP contribution < -0.4 is 10.1 Å². The third-order valence-corrected chi connectivity index (χ3v) is 3.53. The zero-order valence-electron chi connectivity index (χ0n) is 13.5. The number of hydrogen-bond acceptors (Lipinski definition) is 4. The lowest BCUT2D eigenvalue weighted by Gasteiger charge is -2.31. The van der Waals surface area contributed by atoms with Gasteiger partial charge in [-0.1, -0.05) is 19.9 Å². The van der Waals surface area contributed by atoms with Crippen molar-refractivity contribution in [3.63, 3.8) is 0 Å². The molecule has 1 aromatic rings. The van der Waals surface area contributed by atoms with E-state index in [2.05, 4.69) is 10.3 Å². The van der Waals surface area contributed by atoms with Crippen molar-refractivity contribution >= 4 is 11.9 Å². The molecule has 22 heavy (non-hydrogen) atoms. The first-order valence-electron chi connectivity index (χ1n) is 7.50. The van der Waals surface area contributed by atoms with Crippen molar-refractivity contribution in [3.8, 4) is 5.88 Å². The zero-order valence-corrected chi connectivity index (χ0v) is 13.5. The highest BCUT2D eigenvalue weighted by Gasteiger charge is 2.31. The van der Waals surface area contributed by atoms with Crippen molar-refractivity contribution in [2.75, 3.05) is 0 Å². The summed E-state index contributed by atoms with van der Waals surface area (Å²) in [5, 5.41) is 11.9. The van der Waals surface area contributed by atoms with Gasteiger partial charge in [0.05, 0.1) is 18.1 Å². The Hall–Kier alpha value is -2.11. The minimum atomic E-state index is -0.936. The maximum atomic E-state index is 12.4. The third kappa shape index (κ3) is 5.02. The van der Waals surface area contributed by atoms with Gasteiger partial charge in [0.1, 0.15) is 5.69 Å². The summed E-state index contributed by atoms with van der Waals surface area (Å²) in [5.41, 5.74) is -0.547. The zero-order chi connectivity index (χ0) is 16.8. The Bertz CT molecular complexity index is 525. The molecule has 0 atom stereocenters. The molecular weight excluding hydrogens is 284 g/mol. The number of carbonyl (C=O) groups is 2. The number of nitrogens with zero attached hydrogens (tertiary/aromatic N) is 1. The smallest absolute Gasteiger partial charge is 0.305 e. The number of carbonyl (C=O) groups excluding carboxylic acids is 1. The van der Waals surface area contributed by atoms with E-state index in [9.17, 15) is 9.59 Å². The highest BCUT2D eigenvalue weighted by molar-refractivity contribution is 5.93. The van der Waals surface area contributed by atoms with Gasteiger partial charge in [-0.25, -0.2) is 4.98 Å². The van der Waals surface area contributed by atoms with Crippen LogP contribution in [0, 0.1) is 0 Å². The van der Waals surface area contributed by atoms with Crippen molar-refractivity contribution in [1.82, 2.24) is 10.3 Å². The van der Waals surface area contributed by atoms with Crippen LogP contribution in [0.15, 0.2) is 18.2 Å². The van der Waals surface area contributed by atoms with Gasteiger partial charge in [-0.3, -0.25) is 9.59 Å². The predicted molar refractivity (Wildman–Crippen MR) is 83.0 cm³/mol. The van der Waals surface area contributed by atoms with Crippen LogP contribution in [0.3, 0.4) is 0 Å². The second-order valence-electron chi connectivity index (χ2n) is 5.54. The number of amides is 1. The average molecular weight is 308 g/mol. The van der Waals surface area contributed by atoms with Crippen molar-refractivity contribution in [3.05, 3.63) is 23.9 Å². The normalized spacial score (nSPS) is 11.3. The monoisotopic (exact) mass is 308 g/mol. The molecule has 0 aliphatic heterocycles. The van der Waals surface area contributed by atoms with Gasteiger partial charge < -0.3 is 15.2 Å². The lowest BCUT2D eigenvalue weighted by molar-refractivity contribution is -0.138. The van der Waals surface area contributed by atoms with E-state index in [1.54, 1.807) is 18.2 Å². The van der Waals surface area contributed by atoms with E-state index in [4.69, 9.17) is 9.84 Å². The molecule has 0 spiro atoms. The van der Waals surface area contributed by atoms with Gasteiger partial charge in [-0.15, -0.1) is 0 Å². The summed E-state index contributed by atoms with van der Waals surface area (Å²) in [6, 6.07) is 4.96. The summed E-state index contributed by atoms with van der Waals surface area (Å²) < 4.78 is 5.47. The standard InChI is InChI=1S/C16H24N2O4/c1-5-16(6-2,10-14(19)20)18-15(21)12-8-7-9-13(17-12)22-11(3)4/h7-9,11H,5-6,10H2,1-4H3,(H,18,21)(H,19,20). The SMILES string of the molecule is CCC(CC)(CC(=O)O)NC(=O)c1cccc(OC(C)C)n1. The Labute approximate surface area is 130 Å². The second kappa shape index (κ2) is 7.77. The number of carboxylic acid groups (broad SMARTS) is 1. The fraction of sp³-hybridized carbons (Fsp3) is 0.562. The Morgan fingerprint density at radius 1 is 1.32 bits per heavy atom. The summed E-state index contributed by atoms with van der Waals surface area (Å²) in [7, 11) is 0. The minimum absolute atomic E-state index is 0.0387. The number of rotatable bonds is 8. The predicted octanol–water partition coefficient (Wildman–Crippen LogP) is 2.63. The molecule has 1 heterocycles. The Balaban J connectivity index is 2.92. The molecule has 0 unspecified atom stereocenters. The number of aliphatic carboxylic acids is 1. The van der Waals surface area contributed by atoms with Crippen LogP contribution in [0.1, 0.15) is 57.4 Å². The molecule has 0 aliphatic rings. The van der Waals surface area contributed by atoms with Gasteiger partial charge in [0, 0.05) is 6.07 Å². The van der Waals surface area contributed by atoms with Crippen LogP contribution in [0.4, 0.5) is 0 Å². The van der Waals surface area contributed by atoms with Crippen molar-refractivity contribution < 1.29 is 19.4 Å². The average Bonchev–Trinajstić information content (AvgIpc) is 2.45. The molecule has 0 aliphatic carbocycles. The quantitative estimate of drug-likeness (QED) is 0.770. The van der Waals surface area contributed by atoms with Gasteiger partial charge in [0.25, 0.3) is 5.91 Å². The highest BCUT2D eigenvalue weighted by Crippen LogP contribution is 2.21. The van der Waals surface area contributed by atoms with Gasteiger partial charge in [0.2, 0.25) is 5.88 Å². The second-order valence-corrected chi connectivity index (χ2v) is 5.54. The van der Waals surface area contributed by atoms with E-state index in [0.717, 1.165) is 0 Å². The van der Waals surface area contributed by atoms with E-state index in [-0.39, 0.29) is 24.1 Å². The number of hydrogen-bond donors (Lipinski definition) is 2. The number of ether oxygens (including phenoxy) is 1. The Morgan fingerprint density at radius 2 is 1.95 bits per heavy atom. The molecule has 6 nitrogen and oxygen atoms in total. The molecular formula is C16H24N2O4. The first-order valence-corrected chi connectivity index (χ1v) is 7.50. The fourth-order valence-electron chi connectivity index (χ4n) is 2.16. The van der Waals surface area contributed by atoms with Gasteiger partial charge in [0.15, 0.2) is 0 Å². The molecule has 0 saturated heterocycles. The largest absolute Gasteiger partial charge is 0.481 e. The van der Waals surface area contributed by atoms with Crippen molar-refractivity contribution in [1.29, 1.82) is 0 Å². The summed E-state index contributed by atoms with van der Waals surface area (Å²) in [6.45, 7) is 7.47. The molecule has 1 amide bonds. The maximum absolute atomic E-state index is 12.4. The molecule has 122 valence electrons. The summed E-state index contributed by atoms with van der Waals surface area (Å²) in [4.78, 5) is 27.6. The minimum Gasteiger partial charge on any atom is -0.481 e. The molecule has 0 aromatic carbocycles. The molecule has 0 bridgehead atoms. The summed E-state index contributed by atoms with van der Waals surface area (Å²) in [5.74, 6) is -0.951. The van der Waals surface area contributed by atoms with Gasteiger partial charge in [-0.2, -0.15) is 0 Å². The maximum Gasteiger partial charge on any atom is 0.305 e. The lowest BCUT2D eigenvalue weighted by atomic mass is 9.89. The van der Waals surface area contributed by atoms with Crippen molar-refractivity contribution in [2.45, 2.75) is 58.6 Å². The number of nitrogens with one attached hydrogen (secondary N) is 1. The molecule has 0 saturated carbocycles. The Kier molecular flexibility index (Phi) is 6.34. The van der Waals surface area contributed by atoms with Crippen LogP contribution in [0.25, 0.3) is 0 Å². The van der Waals surface area contributed by atoms with Crippen LogP contribution >= 0.6 is 0 Å². The topological polar surface area (TPSA) is 88.5 Å². The summed E-state index contributed by atoms with van der Waals surface area (Å²) >= 11 is 0. The molecule has 1 rings (SSSR count). The van der Waals surface area contributed by atoms with Crippen LogP contribution in [0.2, 0.25) is 0 Å². The van der Waals surface area contributed by atoms with E-state index in [0.29, 0.717) is 18.7 Å². The van der Waals surface area contributed by atoms with Gasteiger partial charge >= 0.3 is 5.97 Å². The molecule has 2 N–H and O–H groups in total. The third-order valence-electron chi connectivity index (χ3n) is 3.53. The number of aromatic nitrogens is 1. The lowest BCUT2D eigenvalue weighted by Crippen LogP contribution is -2.49. The van der Waals surface area contributed by atoms with Crippen LogP contribution in [0.5, 0.6) is 5.88 Å². The fourth-order valence-corrected chi connectivity index (χ4v) is 2.16. The first-order chi connectivity index (χ1) is 10.3. The molecule has 6 heteroatoms. The number of pyridine rings is 1. The molecule has 0 fully saturated rings. The van der Waals surface area contributed by atoms with E-state index in [1.807, 2.05) is 27.7 Å². The number of carboxylic acids is 1. The molecule has 1 aromatic heterocycles. The molecule has 0 radical (unpaired) electrons. The highest BCUT2D eigenvalue weighted by atomic mass is 16.5. The van der Waals surface area contributed by atoms with E-state index in [1.165, 1.54) is 0 Å².